The van der Waals surface area contributed by atoms with Crippen molar-refractivity contribution in [3.8, 4) is 5.69 Å². The molecule has 0 saturated heterocycles. The molecule has 0 saturated carbocycles. The minimum Gasteiger partial charge on any atom is -0.481 e. The third-order valence-electron chi connectivity index (χ3n) is 3.76. The zero-order valence-electron chi connectivity index (χ0n) is 13.3. The molecule has 1 heterocycles. The highest BCUT2D eigenvalue weighted by atomic mass is 35.5. The van der Waals surface area contributed by atoms with E-state index in [4.69, 9.17) is 34.8 Å². The number of hydrogen-bond donors (Lipinski definition) is 2. The minimum absolute atomic E-state index is 0.0275. The zero-order valence-corrected chi connectivity index (χ0v) is 15.6. The molecule has 0 spiro atoms. The monoisotopic (exact) mass is 425 g/mol. The molecule has 3 aromatic rings. The number of nitrogens with zero attached hydrogens (tertiary/aromatic N) is 2. The van der Waals surface area contributed by atoms with Crippen molar-refractivity contribution in [2.24, 2.45) is 0 Å². The molecule has 10 heteroatoms. The molecule has 0 amide bonds. The first-order valence-electron chi connectivity index (χ1n) is 7.44. The summed E-state index contributed by atoms with van der Waals surface area (Å²) >= 11 is 18.5. The molecule has 0 bridgehead atoms. The van der Waals surface area contributed by atoms with Gasteiger partial charge in [-0.25, -0.2) is 4.79 Å². The van der Waals surface area contributed by atoms with Gasteiger partial charge in [0.05, 0.1) is 5.69 Å². The summed E-state index contributed by atoms with van der Waals surface area (Å²) in [6.45, 7) is 0. The summed E-state index contributed by atoms with van der Waals surface area (Å²) in [5.74, 6) is -2.30. The normalized spacial score (nSPS) is 12.0. The van der Waals surface area contributed by atoms with Crippen molar-refractivity contribution in [2.75, 3.05) is 0 Å². The summed E-state index contributed by atoms with van der Waals surface area (Å²) in [6.07, 6.45) is 0.922. The highest BCUT2D eigenvalue weighted by molar-refractivity contribution is 6.37. The number of halogens is 3. The Morgan fingerprint density at radius 3 is 2.19 bits per heavy atom. The predicted molar refractivity (Wildman–Crippen MR) is 101 cm³/mol. The second kappa shape index (κ2) is 7.56. The Morgan fingerprint density at radius 2 is 1.67 bits per heavy atom. The minimum atomic E-state index is -1.16. The van der Waals surface area contributed by atoms with Gasteiger partial charge >= 0.3 is 11.7 Å². The van der Waals surface area contributed by atoms with E-state index < -0.39 is 23.1 Å². The van der Waals surface area contributed by atoms with Crippen LogP contribution in [0, 0.1) is 0 Å². The number of hydrogen-bond acceptors (Lipinski definition) is 4. The highest BCUT2D eigenvalue weighted by Gasteiger charge is 2.27. The van der Waals surface area contributed by atoms with Gasteiger partial charge < -0.3 is 5.11 Å². The summed E-state index contributed by atoms with van der Waals surface area (Å²) in [5.41, 5.74) is -0.666. The Hall–Kier alpha value is -2.61. The van der Waals surface area contributed by atoms with Crippen LogP contribution >= 0.6 is 34.8 Å². The Kier molecular flexibility index (Phi) is 5.36. The van der Waals surface area contributed by atoms with Crippen molar-refractivity contribution in [3.05, 3.63) is 89.6 Å². The molecule has 0 radical (unpaired) electrons. The van der Waals surface area contributed by atoms with Gasteiger partial charge in [-0.2, -0.15) is 9.78 Å². The molecule has 138 valence electrons. The number of nitrogens with one attached hydrogen (secondary N) is 1. The number of aliphatic carboxylic acids is 1. The largest absolute Gasteiger partial charge is 0.481 e. The number of rotatable bonds is 4. The van der Waals surface area contributed by atoms with Crippen LogP contribution in [0.1, 0.15) is 17.0 Å². The number of aromatic amines is 1. The molecule has 0 aliphatic heterocycles. The van der Waals surface area contributed by atoms with Crippen LogP contribution in [0.4, 0.5) is 0 Å². The third kappa shape index (κ3) is 3.90. The number of aromatic nitrogens is 3. The Bertz CT molecular complexity index is 1120. The quantitative estimate of drug-likeness (QED) is 0.667. The van der Waals surface area contributed by atoms with Gasteiger partial charge in [-0.3, -0.25) is 14.6 Å². The molecule has 0 fully saturated rings. The molecule has 27 heavy (non-hydrogen) atoms. The molecule has 2 aromatic carbocycles. The van der Waals surface area contributed by atoms with Gasteiger partial charge in [0.15, 0.2) is 0 Å². The first-order chi connectivity index (χ1) is 12.8. The van der Waals surface area contributed by atoms with Crippen molar-refractivity contribution in [1.82, 2.24) is 14.8 Å². The molecule has 0 aliphatic carbocycles. The van der Waals surface area contributed by atoms with Gasteiger partial charge in [0.2, 0.25) is 0 Å². The van der Waals surface area contributed by atoms with E-state index in [9.17, 15) is 19.5 Å². The zero-order chi connectivity index (χ0) is 19.7. The van der Waals surface area contributed by atoms with Crippen LogP contribution in [0.2, 0.25) is 15.1 Å². The summed E-state index contributed by atoms with van der Waals surface area (Å²) in [4.78, 5) is 37.0. The van der Waals surface area contributed by atoms with E-state index in [0.29, 0.717) is 10.6 Å². The summed E-state index contributed by atoms with van der Waals surface area (Å²) in [6, 6.07) is 8.95. The van der Waals surface area contributed by atoms with E-state index in [-0.39, 0.29) is 21.3 Å². The third-order valence-corrected chi connectivity index (χ3v) is 4.64. The molecular weight excluding hydrogens is 417 g/mol. The first-order valence-corrected chi connectivity index (χ1v) is 8.57. The SMILES string of the molecule is O=C(O)C(c1ccc(Cl)cc1)c1c(Cl)cc(-n2ncc(=O)[nH]c2=O)cc1Cl. The second-order valence-electron chi connectivity index (χ2n) is 5.50. The fourth-order valence-electron chi connectivity index (χ4n) is 2.59. The lowest BCUT2D eigenvalue weighted by Crippen LogP contribution is -2.30. The molecule has 3 rings (SSSR count). The topological polar surface area (TPSA) is 105 Å². The molecule has 2 N–H and O–H groups in total. The van der Waals surface area contributed by atoms with Gasteiger partial charge in [-0.15, -0.1) is 0 Å². The summed E-state index contributed by atoms with van der Waals surface area (Å²) in [7, 11) is 0. The van der Waals surface area contributed by atoms with Gasteiger partial charge in [0, 0.05) is 20.6 Å². The maximum atomic E-state index is 11.9. The lowest BCUT2D eigenvalue weighted by Gasteiger charge is -2.18. The summed E-state index contributed by atoms with van der Waals surface area (Å²) in [5, 5.41) is 13.9. The maximum absolute atomic E-state index is 11.9. The van der Waals surface area contributed by atoms with Crippen LogP contribution in [0.5, 0.6) is 0 Å². The van der Waals surface area contributed by atoms with Crippen molar-refractivity contribution >= 4 is 40.8 Å². The van der Waals surface area contributed by atoms with Gasteiger partial charge in [0.25, 0.3) is 5.56 Å². The van der Waals surface area contributed by atoms with Crippen LogP contribution in [0.3, 0.4) is 0 Å². The van der Waals surface area contributed by atoms with E-state index in [1.54, 1.807) is 24.3 Å². The van der Waals surface area contributed by atoms with Crippen LogP contribution < -0.4 is 11.2 Å². The number of benzene rings is 2. The van der Waals surface area contributed by atoms with Gasteiger partial charge in [-0.1, -0.05) is 46.9 Å². The highest BCUT2D eigenvalue weighted by Crippen LogP contribution is 2.37. The summed E-state index contributed by atoms with van der Waals surface area (Å²) < 4.78 is 0.890. The standard InChI is InChI=1S/C17H10Cl3N3O4/c18-9-3-1-8(2-4-9)14(16(25)26)15-11(19)5-10(6-12(15)20)23-17(27)22-13(24)7-21-23/h1-7,14H,(H,25,26)(H,22,24,27). The van der Waals surface area contributed by atoms with E-state index in [1.165, 1.54) is 12.1 Å². The average molecular weight is 427 g/mol. The average Bonchev–Trinajstić information content (AvgIpc) is 2.58. The van der Waals surface area contributed by atoms with Crippen LogP contribution in [-0.4, -0.2) is 25.8 Å². The van der Waals surface area contributed by atoms with Crippen molar-refractivity contribution in [2.45, 2.75) is 5.92 Å². The molecular formula is C17H10Cl3N3O4. The molecule has 0 aliphatic rings. The second-order valence-corrected chi connectivity index (χ2v) is 6.75. The maximum Gasteiger partial charge on any atom is 0.349 e. The van der Waals surface area contributed by atoms with E-state index >= 15 is 0 Å². The fourth-order valence-corrected chi connectivity index (χ4v) is 3.41. The van der Waals surface area contributed by atoms with Crippen LogP contribution in [0.25, 0.3) is 5.69 Å². The first kappa shape index (κ1) is 19.2. The smallest absolute Gasteiger partial charge is 0.349 e. The van der Waals surface area contributed by atoms with E-state index in [1.807, 2.05) is 0 Å². The number of carboxylic acid groups (broad SMARTS) is 1. The van der Waals surface area contributed by atoms with Crippen molar-refractivity contribution < 1.29 is 9.90 Å². The molecule has 1 unspecified atom stereocenters. The Morgan fingerprint density at radius 1 is 1.07 bits per heavy atom. The van der Waals surface area contributed by atoms with Gasteiger partial charge in [0.1, 0.15) is 12.1 Å². The molecule has 1 atom stereocenters. The Balaban J connectivity index is 2.16. The molecule has 7 nitrogen and oxygen atoms in total. The van der Waals surface area contributed by atoms with E-state index in [2.05, 4.69) is 10.1 Å². The van der Waals surface area contributed by atoms with Crippen LogP contribution in [0.15, 0.2) is 52.2 Å². The number of H-pyrrole nitrogens is 1. The Labute approximate surface area is 166 Å². The van der Waals surface area contributed by atoms with Crippen molar-refractivity contribution in [1.29, 1.82) is 0 Å². The lowest BCUT2D eigenvalue weighted by molar-refractivity contribution is -0.137. The predicted octanol–water partition coefficient (Wildman–Crippen LogP) is 3.10. The van der Waals surface area contributed by atoms with Crippen molar-refractivity contribution in [3.63, 3.8) is 0 Å². The fraction of sp³-hybridized carbons (Fsp3) is 0.0588. The molecule has 1 aromatic heterocycles. The number of carboxylic acids is 1. The lowest BCUT2D eigenvalue weighted by atomic mass is 9.91. The van der Waals surface area contributed by atoms with Gasteiger partial charge in [-0.05, 0) is 29.8 Å². The number of carbonyl (C=O) groups is 1. The van der Waals surface area contributed by atoms with Crippen LogP contribution in [-0.2, 0) is 4.79 Å². The van der Waals surface area contributed by atoms with E-state index in [0.717, 1.165) is 10.9 Å².